The molecule has 4 aromatic rings. The molecule has 7 nitrogen and oxygen atoms in total. The summed E-state index contributed by atoms with van der Waals surface area (Å²) in [5, 5.41) is 2.73. The van der Waals surface area contributed by atoms with Crippen LogP contribution in [0.15, 0.2) is 97.3 Å². The zero-order valence-electron chi connectivity index (χ0n) is 28.9. The van der Waals surface area contributed by atoms with E-state index in [9.17, 15) is 22.8 Å². The molecule has 3 aromatic carbocycles. The number of rotatable bonds is 9. The van der Waals surface area contributed by atoms with Gasteiger partial charge in [0.2, 0.25) is 0 Å². The van der Waals surface area contributed by atoms with E-state index in [-0.39, 0.29) is 30.9 Å². The number of hydrogen-bond donors (Lipinski definition) is 1. The monoisotopic (exact) mass is 686 g/mol. The van der Waals surface area contributed by atoms with Crippen LogP contribution >= 0.6 is 0 Å². The molecule has 264 valence electrons. The highest BCUT2D eigenvalue weighted by Crippen LogP contribution is 2.30. The molecule has 0 radical (unpaired) electrons. The molecule has 1 fully saturated rings. The molecule has 0 aliphatic heterocycles. The van der Waals surface area contributed by atoms with Crippen LogP contribution in [-0.4, -0.2) is 38.6 Å². The van der Waals surface area contributed by atoms with Crippen molar-refractivity contribution in [2.24, 2.45) is 0 Å². The van der Waals surface area contributed by atoms with E-state index >= 15 is 0 Å². The molecule has 3 amide bonds. The summed E-state index contributed by atoms with van der Waals surface area (Å²) < 4.78 is 44.9. The van der Waals surface area contributed by atoms with E-state index in [1.54, 1.807) is 23.4 Å². The summed E-state index contributed by atoms with van der Waals surface area (Å²) in [6.07, 6.45) is 5.20. The number of anilines is 1. The first-order chi connectivity index (χ1) is 23.8. The number of ether oxygens (including phenoxy) is 1. The second-order valence-electron chi connectivity index (χ2n) is 13.9. The minimum absolute atomic E-state index is 0.161. The van der Waals surface area contributed by atoms with Gasteiger partial charge >= 0.3 is 18.3 Å². The van der Waals surface area contributed by atoms with Crippen molar-refractivity contribution in [3.63, 3.8) is 0 Å². The topological polar surface area (TPSA) is 74.8 Å². The summed E-state index contributed by atoms with van der Waals surface area (Å²) in [7, 11) is 0. The molecule has 0 spiro atoms. The number of nitrogens with zero attached hydrogens (tertiary/aromatic N) is 3. The third-order valence-electron chi connectivity index (χ3n) is 8.71. The van der Waals surface area contributed by atoms with E-state index in [1.165, 1.54) is 25.0 Å². The Morgan fingerprint density at radius 2 is 1.32 bits per heavy atom. The van der Waals surface area contributed by atoms with E-state index in [0.717, 1.165) is 65.6 Å². The highest BCUT2D eigenvalue weighted by molar-refractivity contribution is 5.89. The summed E-state index contributed by atoms with van der Waals surface area (Å²) in [6.45, 7) is 6.69. The van der Waals surface area contributed by atoms with Gasteiger partial charge in [-0.3, -0.25) is 4.98 Å². The Bertz CT molecular complexity index is 1680. The van der Waals surface area contributed by atoms with E-state index in [2.05, 4.69) is 34.6 Å². The summed E-state index contributed by atoms with van der Waals surface area (Å²) in [5.74, 6) is 0. The molecule has 5 rings (SSSR count). The van der Waals surface area contributed by atoms with Crippen LogP contribution < -0.4 is 5.32 Å². The van der Waals surface area contributed by atoms with Crippen molar-refractivity contribution in [1.29, 1.82) is 0 Å². The number of hydrogen-bond acceptors (Lipinski definition) is 4. The van der Waals surface area contributed by atoms with Crippen molar-refractivity contribution in [2.75, 3.05) is 5.32 Å². The maximum Gasteiger partial charge on any atom is 0.416 e. The van der Waals surface area contributed by atoms with Gasteiger partial charge in [0, 0.05) is 43.8 Å². The lowest BCUT2D eigenvalue weighted by atomic mass is 10.0. The quantitative estimate of drug-likeness (QED) is 0.178. The average Bonchev–Trinajstić information content (AvgIpc) is 3.37. The van der Waals surface area contributed by atoms with E-state index < -0.39 is 23.4 Å². The first kappa shape index (κ1) is 36.4. The predicted molar refractivity (Wildman–Crippen MR) is 189 cm³/mol. The van der Waals surface area contributed by atoms with Gasteiger partial charge in [0.25, 0.3) is 0 Å². The number of amides is 3. The standard InChI is InChI=1S/C40H45F3N4O3/c1-39(2,3)50-38(49)47(36-10-6-4-5-7-11-36)28-30-14-18-33(19-15-30)32-16-12-29(13-17-32)26-46(27-31-9-8-24-44-25-31)37(48)45-35-22-20-34(21-23-35)40(41,42)43/h8-9,12-25,36H,4-7,10-11,26-28H2,1-3H3,(H,45,48). The van der Waals surface area contributed by atoms with Crippen LogP contribution in [0.2, 0.25) is 0 Å². The normalized spacial score (nSPS) is 14.0. The molecule has 1 aliphatic rings. The summed E-state index contributed by atoms with van der Waals surface area (Å²) in [4.78, 5) is 34.3. The molecule has 1 saturated carbocycles. The number of alkyl halides is 3. The highest BCUT2D eigenvalue weighted by atomic mass is 19.4. The zero-order valence-corrected chi connectivity index (χ0v) is 28.9. The maximum absolute atomic E-state index is 13.4. The van der Waals surface area contributed by atoms with Crippen LogP contribution in [0, 0.1) is 0 Å². The van der Waals surface area contributed by atoms with Crippen LogP contribution in [0.4, 0.5) is 28.4 Å². The van der Waals surface area contributed by atoms with Crippen LogP contribution in [0.5, 0.6) is 0 Å². The Hall–Kier alpha value is -4.86. The minimum Gasteiger partial charge on any atom is -0.444 e. The number of carbonyl (C=O) groups excluding carboxylic acids is 2. The fourth-order valence-electron chi connectivity index (χ4n) is 6.11. The molecular weight excluding hydrogens is 641 g/mol. The average molecular weight is 687 g/mol. The zero-order chi connectivity index (χ0) is 35.7. The largest absolute Gasteiger partial charge is 0.444 e. The minimum atomic E-state index is -4.46. The Kier molecular flexibility index (Phi) is 11.8. The van der Waals surface area contributed by atoms with E-state index in [4.69, 9.17) is 4.74 Å². The van der Waals surface area contributed by atoms with Gasteiger partial charge in [-0.1, -0.05) is 80.3 Å². The van der Waals surface area contributed by atoms with E-state index in [0.29, 0.717) is 6.54 Å². The number of carbonyl (C=O) groups is 2. The van der Waals surface area contributed by atoms with Gasteiger partial charge in [-0.2, -0.15) is 13.2 Å². The van der Waals surface area contributed by atoms with Crippen LogP contribution in [0.3, 0.4) is 0 Å². The molecule has 1 heterocycles. The van der Waals surface area contributed by atoms with Gasteiger partial charge in [-0.05, 0) is 91.8 Å². The molecule has 1 N–H and O–H groups in total. The van der Waals surface area contributed by atoms with Gasteiger partial charge in [0.15, 0.2) is 0 Å². The fourth-order valence-corrected chi connectivity index (χ4v) is 6.11. The second kappa shape index (κ2) is 16.2. The molecule has 0 atom stereocenters. The van der Waals surface area contributed by atoms with Crippen molar-refractivity contribution in [3.8, 4) is 11.1 Å². The third kappa shape index (κ3) is 10.6. The predicted octanol–water partition coefficient (Wildman–Crippen LogP) is 10.5. The Balaban J connectivity index is 1.27. The maximum atomic E-state index is 13.4. The molecule has 1 aliphatic carbocycles. The van der Waals surface area contributed by atoms with Crippen molar-refractivity contribution < 1.29 is 27.5 Å². The number of aromatic nitrogens is 1. The van der Waals surface area contributed by atoms with Crippen LogP contribution in [-0.2, 0) is 30.5 Å². The SMILES string of the molecule is CC(C)(C)OC(=O)N(Cc1ccc(-c2ccc(CN(Cc3cccnc3)C(=O)Nc3ccc(C(F)(F)F)cc3)cc2)cc1)C1CCCCCC1. The number of nitrogens with one attached hydrogen (secondary N) is 1. The van der Waals surface area contributed by atoms with E-state index in [1.807, 2.05) is 56.0 Å². The van der Waals surface area contributed by atoms with Gasteiger partial charge in [0.05, 0.1) is 5.56 Å². The third-order valence-corrected chi connectivity index (χ3v) is 8.71. The molecule has 0 saturated heterocycles. The van der Waals surface area contributed by atoms with Crippen LogP contribution in [0.25, 0.3) is 11.1 Å². The molecule has 0 unspecified atom stereocenters. The van der Waals surface area contributed by atoms with Gasteiger partial charge in [-0.15, -0.1) is 0 Å². The molecule has 50 heavy (non-hydrogen) atoms. The van der Waals surface area contributed by atoms with Crippen molar-refractivity contribution >= 4 is 17.8 Å². The van der Waals surface area contributed by atoms with Crippen molar-refractivity contribution in [3.05, 3.63) is 120 Å². The highest BCUT2D eigenvalue weighted by Gasteiger charge is 2.31. The number of urea groups is 1. The Labute approximate surface area is 292 Å². The Morgan fingerprint density at radius 3 is 1.84 bits per heavy atom. The van der Waals surface area contributed by atoms with Gasteiger partial charge in [-0.25, -0.2) is 9.59 Å². The lowest BCUT2D eigenvalue weighted by molar-refractivity contribution is -0.137. The molecule has 1 aromatic heterocycles. The second-order valence-corrected chi connectivity index (χ2v) is 13.9. The Morgan fingerprint density at radius 1 is 0.760 bits per heavy atom. The number of halogens is 3. The van der Waals surface area contributed by atoms with Crippen molar-refractivity contribution in [1.82, 2.24) is 14.8 Å². The molecule has 10 heteroatoms. The summed E-state index contributed by atoms with van der Waals surface area (Å²) in [5.41, 5.74) is 3.67. The first-order valence-electron chi connectivity index (χ1n) is 17.1. The number of pyridine rings is 1. The van der Waals surface area contributed by atoms with Crippen molar-refractivity contribution in [2.45, 2.75) is 96.7 Å². The number of benzene rings is 3. The lowest BCUT2D eigenvalue weighted by Gasteiger charge is -2.33. The summed E-state index contributed by atoms with van der Waals surface area (Å²) in [6, 6.07) is 23.9. The fraction of sp³-hybridized carbons (Fsp3) is 0.375. The lowest BCUT2D eigenvalue weighted by Crippen LogP contribution is -2.42. The first-order valence-corrected chi connectivity index (χ1v) is 17.1. The molecular formula is C40H45F3N4O3. The van der Waals surface area contributed by atoms with Gasteiger partial charge < -0.3 is 19.9 Å². The van der Waals surface area contributed by atoms with Gasteiger partial charge in [0.1, 0.15) is 5.60 Å². The van der Waals surface area contributed by atoms with Crippen LogP contribution in [0.1, 0.15) is 81.5 Å². The summed E-state index contributed by atoms with van der Waals surface area (Å²) >= 11 is 0. The smallest absolute Gasteiger partial charge is 0.416 e. The molecule has 0 bridgehead atoms.